The minimum atomic E-state index is -1.02. The van der Waals surface area contributed by atoms with Gasteiger partial charge in [-0.1, -0.05) is 42.5 Å². The fraction of sp³-hybridized carbons (Fsp3) is 0.214. The van der Waals surface area contributed by atoms with Gasteiger partial charge in [0.1, 0.15) is 0 Å². The largest absolute Gasteiger partial charge is 0.548 e. The topological polar surface area (TPSA) is 52.2 Å². The molecule has 0 amide bonds. The number of fused-ring (bicyclic) bond motifs is 1. The first-order valence-corrected chi connectivity index (χ1v) is 6.87. The Labute approximate surface area is 109 Å². The van der Waals surface area contributed by atoms with Crippen LogP contribution in [0.5, 0.6) is 0 Å². The van der Waals surface area contributed by atoms with E-state index in [4.69, 9.17) is 0 Å². The number of thioether (sulfide) groups is 1. The van der Waals surface area contributed by atoms with Crippen LogP contribution < -0.4 is 10.4 Å². The van der Waals surface area contributed by atoms with Gasteiger partial charge in [0.05, 0.1) is 17.4 Å². The van der Waals surface area contributed by atoms with Crippen LogP contribution in [0.4, 0.5) is 0 Å². The molecule has 92 valence electrons. The average Bonchev–Trinajstić information content (AvgIpc) is 2.87. The first-order valence-electron chi connectivity index (χ1n) is 5.82. The number of carbonyl (C=O) groups excluding carboxylic acids is 1. The van der Waals surface area contributed by atoms with Crippen LogP contribution in [0.25, 0.3) is 10.8 Å². The third-order valence-corrected chi connectivity index (χ3v) is 4.42. The van der Waals surface area contributed by atoms with Gasteiger partial charge in [0.25, 0.3) is 0 Å². The van der Waals surface area contributed by atoms with E-state index in [2.05, 4.69) is 23.5 Å². The molecular formula is C14H12NO2S-. The van der Waals surface area contributed by atoms with Gasteiger partial charge in [-0.3, -0.25) is 5.32 Å². The average molecular weight is 258 g/mol. The van der Waals surface area contributed by atoms with Crippen LogP contribution in [0.3, 0.4) is 0 Å². The lowest BCUT2D eigenvalue weighted by molar-refractivity contribution is -0.307. The van der Waals surface area contributed by atoms with Crippen molar-refractivity contribution in [1.82, 2.24) is 5.32 Å². The molecule has 2 atom stereocenters. The van der Waals surface area contributed by atoms with Crippen molar-refractivity contribution in [2.75, 3.05) is 5.75 Å². The maximum Gasteiger partial charge on any atom is 0.0801 e. The minimum Gasteiger partial charge on any atom is -0.548 e. The molecule has 1 saturated heterocycles. The van der Waals surface area contributed by atoms with Crippen molar-refractivity contribution in [2.45, 2.75) is 11.4 Å². The summed E-state index contributed by atoms with van der Waals surface area (Å²) in [5, 5.41) is 16.3. The Balaban J connectivity index is 1.98. The summed E-state index contributed by atoms with van der Waals surface area (Å²) in [7, 11) is 0. The molecule has 3 nitrogen and oxygen atoms in total. The fourth-order valence-corrected chi connectivity index (χ4v) is 3.53. The Bertz CT molecular complexity index is 594. The van der Waals surface area contributed by atoms with Crippen LogP contribution in [0.1, 0.15) is 10.9 Å². The van der Waals surface area contributed by atoms with Crippen molar-refractivity contribution in [3.8, 4) is 0 Å². The Kier molecular flexibility index (Phi) is 2.97. The maximum atomic E-state index is 10.9. The molecule has 1 heterocycles. The standard InChI is InChI=1S/C14H13NO2S/c16-14(17)12-8-18-13(15-12)11-7-3-5-9-4-1-2-6-10(9)11/h1-7,12-13,15H,8H2,(H,16,17)/p-1. The summed E-state index contributed by atoms with van der Waals surface area (Å²) in [4.78, 5) is 10.9. The molecule has 1 fully saturated rings. The molecule has 0 spiro atoms. The summed E-state index contributed by atoms with van der Waals surface area (Å²) in [6.45, 7) is 0. The smallest absolute Gasteiger partial charge is 0.0801 e. The van der Waals surface area contributed by atoms with Crippen LogP contribution in [-0.2, 0) is 4.79 Å². The molecule has 0 saturated carbocycles. The number of rotatable bonds is 2. The maximum absolute atomic E-state index is 10.9. The molecule has 1 N–H and O–H groups in total. The van der Waals surface area contributed by atoms with Crippen molar-refractivity contribution in [1.29, 1.82) is 0 Å². The third-order valence-electron chi connectivity index (χ3n) is 3.17. The van der Waals surface area contributed by atoms with Crippen LogP contribution in [0, 0.1) is 0 Å². The highest BCUT2D eigenvalue weighted by molar-refractivity contribution is 7.99. The molecule has 2 unspecified atom stereocenters. The quantitative estimate of drug-likeness (QED) is 0.882. The predicted molar refractivity (Wildman–Crippen MR) is 71.1 cm³/mol. The summed E-state index contributed by atoms with van der Waals surface area (Å²) in [6.07, 6.45) is 0. The van der Waals surface area contributed by atoms with Crippen LogP contribution in [0.15, 0.2) is 42.5 Å². The minimum absolute atomic E-state index is 0.0269. The second kappa shape index (κ2) is 4.63. The number of hydrogen-bond acceptors (Lipinski definition) is 4. The summed E-state index contributed by atoms with van der Waals surface area (Å²) >= 11 is 1.61. The zero-order valence-electron chi connectivity index (χ0n) is 9.63. The van der Waals surface area contributed by atoms with Crippen LogP contribution in [-0.4, -0.2) is 17.8 Å². The molecule has 0 radical (unpaired) electrons. The molecule has 1 aliphatic heterocycles. The lowest BCUT2D eigenvalue weighted by Crippen LogP contribution is -2.43. The molecule has 4 heteroatoms. The predicted octanol–water partition coefficient (Wildman–Crippen LogP) is 1.29. The number of aliphatic carboxylic acids is 1. The van der Waals surface area contributed by atoms with Gasteiger partial charge in [0.2, 0.25) is 0 Å². The highest BCUT2D eigenvalue weighted by Gasteiger charge is 2.27. The Morgan fingerprint density at radius 1 is 1.22 bits per heavy atom. The summed E-state index contributed by atoms with van der Waals surface area (Å²) in [5.41, 5.74) is 1.14. The van der Waals surface area contributed by atoms with E-state index in [0.717, 1.165) is 5.56 Å². The van der Waals surface area contributed by atoms with E-state index in [1.165, 1.54) is 10.8 Å². The van der Waals surface area contributed by atoms with E-state index >= 15 is 0 Å². The van der Waals surface area contributed by atoms with E-state index in [1.54, 1.807) is 11.8 Å². The van der Waals surface area contributed by atoms with Gasteiger partial charge < -0.3 is 9.90 Å². The molecular weight excluding hydrogens is 246 g/mol. The molecule has 0 aliphatic carbocycles. The molecule has 0 bridgehead atoms. The van der Waals surface area contributed by atoms with Crippen LogP contribution >= 0.6 is 11.8 Å². The summed E-state index contributed by atoms with van der Waals surface area (Å²) < 4.78 is 0. The van der Waals surface area contributed by atoms with Gasteiger partial charge in [0.15, 0.2) is 0 Å². The Morgan fingerprint density at radius 3 is 2.78 bits per heavy atom. The zero-order valence-corrected chi connectivity index (χ0v) is 10.4. The number of carboxylic acids is 1. The van der Waals surface area contributed by atoms with Crippen molar-refractivity contribution < 1.29 is 9.90 Å². The highest BCUT2D eigenvalue weighted by Crippen LogP contribution is 2.36. The molecule has 0 aromatic heterocycles. The third kappa shape index (κ3) is 1.98. The van der Waals surface area contributed by atoms with Crippen LogP contribution in [0.2, 0.25) is 0 Å². The molecule has 2 aromatic rings. The van der Waals surface area contributed by atoms with E-state index in [-0.39, 0.29) is 5.37 Å². The Hall–Kier alpha value is -1.52. The summed E-state index contributed by atoms with van der Waals surface area (Å²) in [6, 6.07) is 13.7. The fourth-order valence-electron chi connectivity index (χ4n) is 2.27. The second-order valence-corrected chi connectivity index (χ2v) is 5.46. The van der Waals surface area contributed by atoms with E-state index in [9.17, 15) is 9.90 Å². The lowest BCUT2D eigenvalue weighted by atomic mass is 10.0. The highest BCUT2D eigenvalue weighted by atomic mass is 32.2. The van der Waals surface area contributed by atoms with Crippen molar-refractivity contribution >= 4 is 28.5 Å². The number of hydrogen-bond donors (Lipinski definition) is 1. The van der Waals surface area contributed by atoms with Gasteiger partial charge in [-0.25, -0.2) is 0 Å². The monoisotopic (exact) mass is 258 g/mol. The first-order chi connectivity index (χ1) is 8.75. The van der Waals surface area contributed by atoms with Gasteiger partial charge in [-0.05, 0) is 16.3 Å². The number of carbonyl (C=O) groups is 1. The first kappa shape index (κ1) is 11.6. The second-order valence-electron chi connectivity index (χ2n) is 4.32. The van der Waals surface area contributed by atoms with Crippen molar-refractivity contribution in [2.24, 2.45) is 0 Å². The lowest BCUT2D eigenvalue weighted by Gasteiger charge is -2.16. The van der Waals surface area contributed by atoms with Crippen molar-refractivity contribution in [3.05, 3.63) is 48.0 Å². The molecule has 1 aliphatic rings. The van der Waals surface area contributed by atoms with E-state index in [1.807, 2.05) is 24.3 Å². The normalized spacial score (nSPS) is 23.3. The number of nitrogens with one attached hydrogen (secondary N) is 1. The van der Waals surface area contributed by atoms with E-state index < -0.39 is 12.0 Å². The number of benzene rings is 2. The summed E-state index contributed by atoms with van der Waals surface area (Å²) in [5.74, 6) is -0.471. The van der Waals surface area contributed by atoms with Crippen molar-refractivity contribution in [3.63, 3.8) is 0 Å². The molecule has 2 aromatic carbocycles. The van der Waals surface area contributed by atoms with Gasteiger partial charge in [0, 0.05) is 5.75 Å². The number of carboxylic acid groups (broad SMARTS) is 1. The van der Waals surface area contributed by atoms with Gasteiger partial charge in [-0.15, -0.1) is 11.8 Å². The molecule has 18 heavy (non-hydrogen) atoms. The van der Waals surface area contributed by atoms with Gasteiger partial charge in [-0.2, -0.15) is 0 Å². The molecule has 3 rings (SSSR count). The Morgan fingerprint density at radius 2 is 2.00 bits per heavy atom. The van der Waals surface area contributed by atoms with Gasteiger partial charge >= 0.3 is 0 Å². The van der Waals surface area contributed by atoms with E-state index in [0.29, 0.717) is 5.75 Å². The zero-order chi connectivity index (χ0) is 12.5. The SMILES string of the molecule is O=C([O-])C1CSC(c2cccc3ccccc23)N1.